The Bertz CT molecular complexity index is 288. The Hall–Kier alpha value is -0.810. The fourth-order valence-electron chi connectivity index (χ4n) is 2.43. The van der Waals surface area contributed by atoms with E-state index in [9.17, 15) is 4.79 Å². The number of carbonyl (C=O) groups is 1. The van der Waals surface area contributed by atoms with Gasteiger partial charge < -0.3 is 20.5 Å². The lowest BCUT2D eigenvalue weighted by atomic mass is 9.82. The lowest BCUT2D eigenvalue weighted by Crippen LogP contribution is -2.50. The molecule has 106 valence electrons. The third-order valence-electron chi connectivity index (χ3n) is 3.38. The van der Waals surface area contributed by atoms with Gasteiger partial charge in [-0.05, 0) is 39.0 Å². The van der Waals surface area contributed by atoms with E-state index in [4.69, 9.17) is 15.6 Å². The monoisotopic (exact) mass is 258 g/mol. The second-order valence-electron chi connectivity index (χ2n) is 6.20. The molecule has 0 aromatic heterocycles. The van der Waals surface area contributed by atoms with Crippen LogP contribution in [0.15, 0.2) is 0 Å². The Kier molecular flexibility index (Phi) is 4.99. The molecule has 1 aliphatic rings. The maximum atomic E-state index is 11.9. The van der Waals surface area contributed by atoms with E-state index in [2.05, 4.69) is 6.92 Å². The van der Waals surface area contributed by atoms with Crippen molar-refractivity contribution in [3.63, 3.8) is 0 Å². The van der Waals surface area contributed by atoms with Gasteiger partial charge in [0.05, 0.1) is 6.61 Å². The van der Waals surface area contributed by atoms with E-state index >= 15 is 0 Å². The molecule has 0 spiro atoms. The van der Waals surface area contributed by atoms with Gasteiger partial charge in [0.2, 0.25) is 0 Å². The maximum Gasteiger partial charge on any atom is 0.410 e. The number of aliphatic hydroxyl groups is 1. The molecule has 3 atom stereocenters. The summed E-state index contributed by atoms with van der Waals surface area (Å²) in [4.78, 5) is 13.7. The predicted octanol–water partition coefficient (Wildman–Crippen LogP) is 1.20. The van der Waals surface area contributed by atoms with Crippen molar-refractivity contribution >= 4 is 6.09 Å². The van der Waals surface area contributed by atoms with E-state index in [0.717, 1.165) is 6.42 Å². The van der Waals surface area contributed by atoms with E-state index in [-0.39, 0.29) is 30.6 Å². The molecule has 1 heterocycles. The minimum Gasteiger partial charge on any atom is -0.444 e. The summed E-state index contributed by atoms with van der Waals surface area (Å²) in [5.74, 6) is 0.558. The summed E-state index contributed by atoms with van der Waals surface area (Å²) < 4.78 is 5.35. The topological polar surface area (TPSA) is 75.8 Å². The Morgan fingerprint density at radius 1 is 1.56 bits per heavy atom. The number of carbonyl (C=O) groups excluding carboxylic acids is 1. The number of rotatable bonds is 2. The zero-order chi connectivity index (χ0) is 13.9. The molecule has 0 aliphatic carbocycles. The second kappa shape index (κ2) is 5.89. The summed E-state index contributed by atoms with van der Waals surface area (Å²) in [6.45, 7) is 8.96. The van der Waals surface area contributed by atoms with Gasteiger partial charge in [-0.1, -0.05) is 6.92 Å². The van der Waals surface area contributed by atoms with Gasteiger partial charge >= 0.3 is 6.09 Å². The van der Waals surface area contributed by atoms with Crippen molar-refractivity contribution in [3.05, 3.63) is 0 Å². The highest BCUT2D eigenvalue weighted by atomic mass is 16.6. The van der Waals surface area contributed by atoms with Gasteiger partial charge in [-0.25, -0.2) is 4.79 Å². The van der Waals surface area contributed by atoms with Crippen LogP contribution in [0.5, 0.6) is 0 Å². The molecule has 0 aromatic rings. The Balaban J connectivity index is 2.53. The minimum atomic E-state index is -0.460. The zero-order valence-electron chi connectivity index (χ0n) is 11.8. The van der Waals surface area contributed by atoms with E-state index in [0.29, 0.717) is 13.1 Å². The van der Waals surface area contributed by atoms with Gasteiger partial charge in [-0.15, -0.1) is 0 Å². The molecular weight excluding hydrogens is 232 g/mol. The van der Waals surface area contributed by atoms with Crippen LogP contribution in [0.3, 0.4) is 0 Å². The number of amides is 1. The van der Waals surface area contributed by atoms with Crippen LogP contribution >= 0.6 is 0 Å². The summed E-state index contributed by atoms with van der Waals surface area (Å²) in [5.41, 5.74) is 5.42. The summed E-state index contributed by atoms with van der Waals surface area (Å²) in [6.07, 6.45) is 0.563. The van der Waals surface area contributed by atoms with Gasteiger partial charge in [0.1, 0.15) is 5.60 Å². The quantitative estimate of drug-likeness (QED) is 0.780. The van der Waals surface area contributed by atoms with Crippen LogP contribution in [0.4, 0.5) is 4.79 Å². The van der Waals surface area contributed by atoms with Crippen LogP contribution in [0.25, 0.3) is 0 Å². The molecule has 1 amide bonds. The fraction of sp³-hybridized carbons (Fsp3) is 0.923. The van der Waals surface area contributed by atoms with E-state index in [1.807, 2.05) is 20.8 Å². The lowest BCUT2D eigenvalue weighted by molar-refractivity contribution is 0.00831. The molecule has 0 bridgehead atoms. The van der Waals surface area contributed by atoms with Crippen molar-refractivity contribution in [3.8, 4) is 0 Å². The van der Waals surface area contributed by atoms with Crippen molar-refractivity contribution in [2.45, 2.75) is 45.8 Å². The van der Waals surface area contributed by atoms with Crippen LogP contribution < -0.4 is 5.73 Å². The highest BCUT2D eigenvalue weighted by molar-refractivity contribution is 5.68. The normalized spacial score (nSPS) is 26.9. The molecule has 5 heteroatoms. The smallest absolute Gasteiger partial charge is 0.410 e. The Morgan fingerprint density at radius 2 is 2.17 bits per heavy atom. The Labute approximate surface area is 109 Å². The first-order valence-corrected chi connectivity index (χ1v) is 6.59. The van der Waals surface area contributed by atoms with Crippen LogP contribution in [0.1, 0.15) is 34.1 Å². The summed E-state index contributed by atoms with van der Waals surface area (Å²) in [5, 5.41) is 9.10. The first-order chi connectivity index (χ1) is 8.24. The minimum absolute atomic E-state index is 0.00143. The summed E-state index contributed by atoms with van der Waals surface area (Å²) >= 11 is 0. The number of nitrogens with zero attached hydrogens (tertiary/aromatic N) is 1. The number of likely N-dealkylation sites (tertiary alicyclic amines) is 1. The number of aliphatic hydroxyl groups excluding tert-OH is 1. The van der Waals surface area contributed by atoms with Gasteiger partial charge in [0.15, 0.2) is 0 Å². The summed E-state index contributed by atoms with van der Waals surface area (Å²) in [7, 11) is 0. The van der Waals surface area contributed by atoms with E-state index < -0.39 is 5.60 Å². The third-order valence-corrected chi connectivity index (χ3v) is 3.38. The van der Waals surface area contributed by atoms with Crippen LogP contribution in [0.2, 0.25) is 0 Å². The molecule has 1 rings (SSSR count). The maximum absolute atomic E-state index is 11.9. The van der Waals surface area contributed by atoms with Crippen molar-refractivity contribution in [1.82, 2.24) is 4.90 Å². The molecule has 0 radical (unpaired) electrons. The predicted molar refractivity (Wildman–Crippen MR) is 70.1 cm³/mol. The zero-order valence-corrected chi connectivity index (χ0v) is 11.8. The average molecular weight is 258 g/mol. The second-order valence-corrected chi connectivity index (χ2v) is 6.20. The van der Waals surface area contributed by atoms with E-state index in [1.165, 1.54) is 0 Å². The highest BCUT2D eigenvalue weighted by Gasteiger charge is 2.33. The van der Waals surface area contributed by atoms with Crippen molar-refractivity contribution in [2.24, 2.45) is 17.6 Å². The van der Waals surface area contributed by atoms with Crippen LogP contribution in [-0.4, -0.2) is 47.4 Å². The van der Waals surface area contributed by atoms with Crippen molar-refractivity contribution < 1.29 is 14.6 Å². The molecule has 3 N–H and O–H groups in total. The molecule has 0 saturated carbocycles. The van der Waals surface area contributed by atoms with Crippen molar-refractivity contribution in [1.29, 1.82) is 0 Å². The van der Waals surface area contributed by atoms with Crippen LogP contribution in [0, 0.1) is 11.8 Å². The van der Waals surface area contributed by atoms with Gasteiger partial charge in [-0.3, -0.25) is 0 Å². The number of ether oxygens (including phenoxy) is 1. The van der Waals surface area contributed by atoms with Gasteiger partial charge in [0, 0.05) is 19.1 Å². The molecule has 1 fully saturated rings. The van der Waals surface area contributed by atoms with Gasteiger partial charge in [0.25, 0.3) is 0 Å². The average Bonchev–Trinajstić information content (AvgIpc) is 2.25. The molecule has 3 unspecified atom stereocenters. The molecular formula is C13H26N2O3. The van der Waals surface area contributed by atoms with Crippen LogP contribution in [-0.2, 0) is 4.74 Å². The number of nitrogens with two attached hydrogens (primary N) is 1. The molecule has 5 nitrogen and oxygen atoms in total. The first-order valence-electron chi connectivity index (χ1n) is 6.59. The Morgan fingerprint density at radius 3 is 2.61 bits per heavy atom. The number of hydrogen-bond donors (Lipinski definition) is 2. The standard InChI is InChI=1S/C13H26N2O3/c1-9-7-15(12(17)18-13(2,3)4)6-5-10(9)11(14)8-16/h9-11,16H,5-8,14H2,1-4H3. The molecule has 1 aliphatic heterocycles. The molecule has 0 aromatic carbocycles. The summed E-state index contributed by atoms with van der Waals surface area (Å²) in [6, 6.07) is -0.194. The first kappa shape index (κ1) is 15.2. The third kappa shape index (κ3) is 4.14. The van der Waals surface area contributed by atoms with E-state index in [1.54, 1.807) is 4.90 Å². The highest BCUT2D eigenvalue weighted by Crippen LogP contribution is 2.26. The SMILES string of the molecule is CC1CN(C(=O)OC(C)(C)C)CCC1C(N)CO. The fourth-order valence-corrected chi connectivity index (χ4v) is 2.43. The van der Waals surface area contributed by atoms with Crippen molar-refractivity contribution in [2.75, 3.05) is 19.7 Å². The largest absolute Gasteiger partial charge is 0.444 e. The lowest BCUT2D eigenvalue weighted by Gasteiger charge is -2.39. The molecule has 1 saturated heterocycles. The number of piperidine rings is 1. The number of hydrogen-bond acceptors (Lipinski definition) is 4. The van der Waals surface area contributed by atoms with Gasteiger partial charge in [-0.2, -0.15) is 0 Å². The molecule has 18 heavy (non-hydrogen) atoms.